The molecule has 2 aromatic rings. The van der Waals surface area contributed by atoms with Crippen LogP contribution < -0.4 is 5.32 Å². The number of hydrogen-bond donors (Lipinski definition) is 1. The van der Waals surface area contributed by atoms with E-state index in [1.54, 1.807) is 12.4 Å². The number of rotatable bonds is 7. The molecule has 8 heteroatoms. The Bertz CT molecular complexity index is 706. The molecule has 1 atom stereocenters. The second kappa shape index (κ2) is 10.0. The van der Waals surface area contributed by atoms with Gasteiger partial charge in [-0.05, 0) is 38.3 Å². The summed E-state index contributed by atoms with van der Waals surface area (Å²) in [7, 11) is 0. The third kappa shape index (κ3) is 5.26. The minimum absolute atomic E-state index is 0.0838. The van der Waals surface area contributed by atoms with Crippen molar-refractivity contribution in [2.24, 2.45) is 0 Å². The van der Waals surface area contributed by atoms with Gasteiger partial charge in [0.25, 0.3) is 0 Å². The molecule has 0 aromatic carbocycles. The van der Waals surface area contributed by atoms with E-state index in [9.17, 15) is 4.79 Å². The SMILES string of the molecule is CCOCCCNC(=O)N1CCCCCC1c1nc(-c2cccnc2)no1. The van der Waals surface area contributed by atoms with Gasteiger partial charge in [0.15, 0.2) is 0 Å². The molecule has 0 aliphatic carbocycles. The fourth-order valence-corrected chi connectivity index (χ4v) is 3.21. The highest BCUT2D eigenvalue weighted by molar-refractivity contribution is 5.74. The average molecular weight is 373 g/mol. The molecule has 0 saturated carbocycles. The molecule has 8 nitrogen and oxygen atoms in total. The molecule has 0 spiro atoms. The van der Waals surface area contributed by atoms with Crippen LogP contribution in [0.4, 0.5) is 4.79 Å². The number of ether oxygens (including phenoxy) is 1. The lowest BCUT2D eigenvalue weighted by Crippen LogP contribution is -2.42. The summed E-state index contributed by atoms with van der Waals surface area (Å²) in [5.41, 5.74) is 0.799. The first-order valence-electron chi connectivity index (χ1n) is 9.66. The fourth-order valence-electron chi connectivity index (χ4n) is 3.21. The van der Waals surface area contributed by atoms with E-state index >= 15 is 0 Å². The topological polar surface area (TPSA) is 93.4 Å². The third-order valence-corrected chi connectivity index (χ3v) is 4.61. The summed E-state index contributed by atoms with van der Waals surface area (Å²) in [6, 6.07) is 3.44. The number of nitrogens with zero attached hydrogens (tertiary/aromatic N) is 4. The van der Waals surface area contributed by atoms with Crippen molar-refractivity contribution in [3.05, 3.63) is 30.4 Å². The summed E-state index contributed by atoms with van der Waals surface area (Å²) in [6.45, 7) is 4.58. The van der Waals surface area contributed by atoms with Crippen molar-refractivity contribution in [3.63, 3.8) is 0 Å². The maximum atomic E-state index is 12.7. The van der Waals surface area contributed by atoms with E-state index in [1.165, 1.54) is 0 Å². The average Bonchev–Trinajstić information content (AvgIpc) is 3.06. The largest absolute Gasteiger partial charge is 0.382 e. The summed E-state index contributed by atoms with van der Waals surface area (Å²) < 4.78 is 10.8. The highest BCUT2D eigenvalue weighted by Gasteiger charge is 2.31. The molecule has 0 radical (unpaired) electrons. The van der Waals surface area contributed by atoms with Crippen LogP contribution in [-0.4, -0.2) is 52.4 Å². The molecule has 2 aromatic heterocycles. The molecule has 1 unspecified atom stereocenters. The second-order valence-corrected chi connectivity index (χ2v) is 6.54. The van der Waals surface area contributed by atoms with E-state index in [4.69, 9.17) is 9.26 Å². The minimum atomic E-state index is -0.197. The summed E-state index contributed by atoms with van der Waals surface area (Å²) in [6.07, 6.45) is 8.12. The van der Waals surface area contributed by atoms with Crippen LogP contribution in [0.25, 0.3) is 11.4 Å². The van der Waals surface area contributed by atoms with Crippen molar-refractivity contribution < 1.29 is 14.1 Å². The molecule has 146 valence electrons. The Morgan fingerprint density at radius 3 is 3.15 bits per heavy atom. The minimum Gasteiger partial charge on any atom is -0.382 e. The third-order valence-electron chi connectivity index (χ3n) is 4.61. The molecule has 0 bridgehead atoms. The van der Waals surface area contributed by atoms with Crippen LogP contribution in [0.2, 0.25) is 0 Å². The van der Waals surface area contributed by atoms with E-state index in [1.807, 2.05) is 24.0 Å². The molecule has 1 aliphatic heterocycles. The number of likely N-dealkylation sites (tertiary alicyclic amines) is 1. The lowest BCUT2D eigenvalue weighted by atomic mass is 10.1. The van der Waals surface area contributed by atoms with Crippen molar-refractivity contribution >= 4 is 6.03 Å². The predicted molar refractivity (Wildman–Crippen MR) is 100.0 cm³/mol. The van der Waals surface area contributed by atoms with Crippen molar-refractivity contribution in [1.29, 1.82) is 0 Å². The number of carbonyl (C=O) groups is 1. The fraction of sp³-hybridized carbons (Fsp3) is 0.579. The lowest BCUT2D eigenvalue weighted by Gasteiger charge is -2.27. The number of aromatic nitrogens is 3. The first kappa shape index (κ1) is 19.3. The Kier molecular flexibility index (Phi) is 7.15. The van der Waals surface area contributed by atoms with E-state index in [2.05, 4.69) is 20.4 Å². The highest BCUT2D eigenvalue weighted by atomic mass is 16.5. The number of amides is 2. The van der Waals surface area contributed by atoms with Gasteiger partial charge in [0, 0.05) is 44.3 Å². The van der Waals surface area contributed by atoms with Crippen molar-refractivity contribution in [1.82, 2.24) is 25.3 Å². The zero-order chi connectivity index (χ0) is 18.9. The number of carbonyl (C=O) groups excluding carboxylic acids is 1. The number of hydrogen-bond acceptors (Lipinski definition) is 6. The summed E-state index contributed by atoms with van der Waals surface area (Å²) in [5, 5.41) is 7.07. The summed E-state index contributed by atoms with van der Waals surface area (Å²) in [5.74, 6) is 0.986. The Hall–Kier alpha value is -2.48. The first-order chi connectivity index (χ1) is 13.3. The van der Waals surface area contributed by atoms with Gasteiger partial charge < -0.3 is 19.5 Å². The van der Waals surface area contributed by atoms with Crippen LogP contribution in [0.1, 0.15) is 51.0 Å². The first-order valence-corrected chi connectivity index (χ1v) is 9.66. The Morgan fingerprint density at radius 1 is 1.41 bits per heavy atom. The van der Waals surface area contributed by atoms with Crippen LogP contribution in [-0.2, 0) is 4.74 Å². The highest BCUT2D eigenvalue weighted by Crippen LogP contribution is 2.30. The van der Waals surface area contributed by atoms with Gasteiger partial charge >= 0.3 is 6.03 Å². The Labute approximate surface area is 159 Å². The van der Waals surface area contributed by atoms with E-state index < -0.39 is 0 Å². The quantitative estimate of drug-likeness (QED) is 0.749. The van der Waals surface area contributed by atoms with Crippen LogP contribution in [0, 0.1) is 0 Å². The molecular weight excluding hydrogens is 346 g/mol. The zero-order valence-corrected chi connectivity index (χ0v) is 15.8. The number of urea groups is 1. The normalized spacial score (nSPS) is 17.5. The maximum Gasteiger partial charge on any atom is 0.318 e. The number of nitrogens with one attached hydrogen (secondary N) is 1. The van der Waals surface area contributed by atoms with Gasteiger partial charge in [0.2, 0.25) is 11.7 Å². The molecule has 1 saturated heterocycles. The van der Waals surface area contributed by atoms with Gasteiger partial charge in [-0.1, -0.05) is 18.0 Å². The van der Waals surface area contributed by atoms with Crippen LogP contribution in [0.3, 0.4) is 0 Å². The molecule has 2 amide bonds. The van der Waals surface area contributed by atoms with Crippen molar-refractivity contribution in [2.75, 3.05) is 26.3 Å². The molecule has 1 aliphatic rings. The second-order valence-electron chi connectivity index (χ2n) is 6.54. The maximum absolute atomic E-state index is 12.7. The molecule has 3 rings (SSSR count). The van der Waals surface area contributed by atoms with Crippen LogP contribution in [0.5, 0.6) is 0 Å². The van der Waals surface area contributed by atoms with E-state index in [-0.39, 0.29) is 12.1 Å². The molecule has 27 heavy (non-hydrogen) atoms. The number of pyridine rings is 1. The van der Waals surface area contributed by atoms with E-state index in [0.717, 1.165) is 37.7 Å². The molecule has 3 heterocycles. The van der Waals surface area contributed by atoms with Gasteiger partial charge in [-0.25, -0.2) is 4.79 Å². The van der Waals surface area contributed by atoms with Crippen LogP contribution >= 0.6 is 0 Å². The van der Waals surface area contributed by atoms with Crippen molar-refractivity contribution in [2.45, 2.75) is 45.1 Å². The predicted octanol–water partition coefficient (Wildman–Crippen LogP) is 3.18. The van der Waals surface area contributed by atoms with Gasteiger partial charge in [-0.3, -0.25) is 4.98 Å². The Balaban J connectivity index is 1.67. The molecule has 1 N–H and O–H groups in total. The van der Waals surface area contributed by atoms with E-state index in [0.29, 0.717) is 38.0 Å². The van der Waals surface area contributed by atoms with Crippen molar-refractivity contribution in [3.8, 4) is 11.4 Å². The van der Waals surface area contributed by atoms with Gasteiger partial charge in [-0.2, -0.15) is 4.98 Å². The van der Waals surface area contributed by atoms with Gasteiger partial charge in [-0.15, -0.1) is 0 Å². The summed E-state index contributed by atoms with van der Waals surface area (Å²) in [4.78, 5) is 23.2. The molecular formula is C19H27N5O3. The monoisotopic (exact) mass is 373 g/mol. The van der Waals surface area contributed by atoms with Gasteiger partial charge in [0.05, 0.1) is 0 Å². The van der Waals surface area contributed by atoms with Gasteiger partial charge in [0.1, 0.15) is 6.04 Å². The molecule has 1 fully saturated rings. The zero-order valence-electron chi connectivity index (χ0n) is 15.8. The summed E-state index contributed by atoms with van der Waals surface area (Å²) >= 11 is 0. The standard InChI is InChI=1S/C19H27N5O3/c1-2-26-13-7-11-21-19(25)24-12-5-3-4-9-16(24)18-22-17(23-27-18)15-8-6-10-20-14-15/h6,8,10,14,16H,2-5,7,9,11-13H2,1H3,(H,21,25). The Morgan fingerprint density at radius 2 is 2.33 bits per heavy atom. The van der Waals surface area contributed by atoms with Crippen LogP contribution in [0.15, 0.2) is 29.0 Å². The lowest BCUT2D eigenvalue weighted by molar-refractivity contribution is 0.140. The smallest absolute Gasteiger partial charge is 0.318 e.